The number of hydrogen-bond donors (Lipinski definition) is 2. The summed E-state index contributed by atoms with van der Waals surface area (Å²) in [6.45, 7) is 3.00. The van der Waals surface area contributed by atoms with Crippen molar-refractivity contribution in [1.82, 2.24) is 44.8 Å². The SMILES string of the molecule is CC(C1CCCN1C)n1ncc2c(-n3ncc(CO)n3)nc(-c3noc4c3CCCC43CCCc4sc(N)c(C#N)c43)nc21. The van der Waals surface area contributed by atoms with Crippen LogP contribution in [-0.4, -0.2) is 69.5 Å². The number of nitrogen functional groups attached to an aromatic ring is 1. The van der Waals surface area contributed by atoms with Crippen LogP contribution in [0.5, 0.6) is 0 Å². The lowest BCUT2D eigenvalue weighted by Gasteiger charge is -2.39. The third-order valence-corrected chi connectivity index (χ3v) is 11.0. The molecule has 14 heteroatoms. The molecule has 0 saturated carbocycles. The normalized spacial score (nSPS) is 22.4. The van der Waals surface area contributed by atoms with Gasteiger partial charge in [0.15, 0.2) is 28.7 Å². The Morgan fingerprint density at radius 3 is 2.80 bits per heavy atom. The third-order valence-electron chi connectivity index (χ3n) is 9.91. The van der Waals surface area contributed by atoms with Gasteiger partial charge in [0.2, 0.25) is 0 Å². The molecule has 3 aliphatic rings. The summed E-state index contributed by atoms with van der Waals surface area (Å²) < 4.78 is 8.23. The van der Waals surface area contributed by atoms with E-state index in [0.29, 0.717) is 50.7 Å². The van der Waals surface area contributed by atoms with Crippen molar-refractivity contribution in [2.45, 2.75) is 82.4 Å². The predicted molar refractivity (Wildman–Crippen MR) is 162 cm³/mol. The first kappa shape index (κ1) is 27.4. The van der Waals surface area contributed by atoms with Gasteiger partial charge in [-0.15, -0.1) is 21.2 Å². The highest BCUT2D eigenvalue weighted by Gasteiger charge is 2.49. The molecule has 0 bridgehead atoms. The van der Waals surface area contributed by atoms with Crippen LogP contribution < -0.4 is 5.73 Å². The van der Waals surface area contributed by atoms with Gasteiger partial charge in [-0.3, -0.25) is 0 Å². The van der Waals surface area contributed by atoms with Crippen LogP contribution in [-0.2, 0) is 24.9 Å². The molecule has 3 atom stereocenters. The minimum atomic E-state index is -0.443. The molecule has 1 spiro atoms. The monoisotopic (exact) mass is 611 g/mol. The van der Waals surface area contributed by atoms with Crippen molar-refractivity contribution in [2.24, 2.45) is 0 Å². The van der Waals surface area contributed by atoms with E-state index in [1.165, 1.54) is 27.2 Å². The van der Waals surface area contributed by atoms with Gasteiger partial charge in [-0.25, -0.2) is 14.6 Å². The van der Waals surface area contributed by atoms with E-state index in [-0.39, 0.29) is 12.6 Å². The summed E-state index contributed by atoms with van der Waals surface area (Å²) in [6.07, 6.45) is 10.9. The van der Waals surface area contributed by atoms with Gasteiger partial charge in [0.25, 0.3) is 0 Å². The molecule has 13 nitrogen and oxygen atoms in total. The van der Waals surface area contributed by atoms with Gasteiger partial charge in [0.1, 0.15) is 16.8 Å². The summed E-state index contributed by atoms with van der Waals surface area (Å²) in [4.78, 5) is 15.0. The van der Waals surface area contributed by atoms with Crippen LogP contribution >= 0.6 is 11.3 Å². The highest BCUT2D eigenvalue weighted by Crippen LogP contribution is 2.55. The van der Waals surface area contributed by atoms with Crippen molar-refractivity contribution in [3.8, 4) is 23.4 Å². The van der Waals surface area contributed by atoms with E-state index in [0.717, 1.165) is 74.8 Å². The maximum absolute atomic E-state index is 10.1. The number of rotatable bonds is 5. The van der Waals surface area contributed by atoms with Gasteiger partial charge in [0, 0.05) is 16.5 Å². The number of aromatic nitrogens is 8. The number of likely N-dealkylation sites (tertiary alicyclic amines) is 1. The first-order chi connectivity index (χ1) is 21.4. The Hall–Kier alpha value is -4.19. The third kappa shape index (κ3) is 3.89. The van der Waals surface area contributed by atoms with Gasteiger partial charge in [-0.1, -0.05) is 5.16 Å². The summed E-state index contributed by atoms with van der Waals surface area (Å²) in [5.41, 5.74) is 10.2. The molecule has 5 aromatic rings. The van der Waals surface area contributed by atoms with Crippen molar-refractivity contribution in [2.75, 3.05) is 19.3 Å². The van der Waals surface area contributed by atoms with Gasteiger partial charge in [-0.05, 0) is 77.4 Å². The fraction of sp³-hybridized carbons (Fsp3) is 0.500. The van der Waals surface area contributed by atoms with E-state index < -0.39 is 5.41 Å². The van der Waals surface area contributed by atoms with E-state index in [2.05, 4.69) is 40.3 Å². The Morgan fingerprint density at radius 2 is 2.05 bits per heavy atom. The van der Waals surface area contributed by atoms with Crippen LogP contribution in [0, 0.1) is 11.3 Å². The number of nitriles is 1. The van der Waals surface area contributed by atoms with Gasteiger partial charge >= 0.3 is 0 Å². The lowest BCUT2D eigenvalue weighted by Crippen LogP contribution is -2.35. The van der Waals surface area contributed by atoms with Crippen LogP contribution in [0.2, 0.25) is 0 Å². The number of likely N-dealkylation sites (N-methyl/N-ethyl adjacent to an activating group) is 1. The zero-order valence-corrected chi connectivity index (χ0v) is 25.5. The van der Waals surface area contributed by atoms with E-state index in [1.54, 1.807) is 6.20 Å². The largest absolute Gasteiger partial charge is 0.390 e. The second-order valence-corrected chi connectivity index (χ2v) is 13.4. The summed E-state index contributed by atoms with van der Waals surface area (Å²) in [5, 5.41) is 39.3. The molecule has 6 heterocycles. The minimum Gasteiger partial charge on any atom is -0.390 e. The number of hydrogen-bond acceptors (Lipinski definition) is 12. The molecular weight excluding hydrogens is 578 g/mol. The zero-order chi connectivity index (χ0) is 30.2. The molecule has 3 N–H and O–H groups in total. The van der Waals surface area contributed by atoms with Crippen molar-refractivity contribution >= 4 is 27.4 Å². The van der Waals surface area contributed by atoms with Crippen molar-refractivity contribution in [3.63, 3.8) is 0 Å². The minimum absolute atomic E-state index is 0.0674. The van der Waals surface area contributed by atoms with Crippen LogP contribution in [0.15, 0.2) is 16.9 Å². The molecule has 44 heavy (non-hydrogen) atoms. The van der Waals surface area contributed by atoms with Crippen molar-refractivity contribution in [3.05, 3.63) is 45.4 Å². The van der Waals surface area contributed by atoms with Gasteiger partial charge < -0.3 is 20.3 Å². The molecule has 3 unspecified atom stereocenters. The maximum atomic E-state index is 10.1. The van der Waals surface area contributed by atoms with Crippen molar-refractivity contribution < 1.29 is 9.63 Å². The lowest BCUT2D eigenvalue weighted by molar-refractivity contribution is 0.232. The number of aliphatic hydroxyl groups excluding tert-OH is 1. The Morgan fingerprint density at radius 1 is 1.20 bits per heavy atom. The standard InChI is InChI=1S/C30H33N11O2S/c1-16(21-7-5-11-39(21)2)40-28-20(14-33-40)29(41-34-13-17(15-42)37-41)36-27(35-28)24-18-6-3-9-30(25(18)43-38-24)10-4-8-22-23(30)19(12-31)26(32)44-22/h13-14,16,21,42H,3-11,15,32H2,1-2H3. The Bertz CT molecular complexity index is 1940. The molecule has 0 aromatic carbocycles. The predicted octanol–water partition coefficient (Wildman–Crippen LogP) is 3.68. The zero-order valence-electron chi connectivity index (χ0n) is 24.7. The first-order valence-corrected chi connectivity index (χ1v) is 16.0. The molecule has 1 saturated heterocycles. The number of fused-ring (bicyclic) bond motifs is 5. The Balaban J connectivity index is 1.31. The molecule has 226 valence electrons. The number of aryl methyl sites for hydroxylation is 1. The fourth-order valence-electron chi connectivity index (χ4n) is 7.86. The van der Waals surface area contributed by atoms with Gasteiger partial charge in [-0.2, -0.15) is 15.5 Å². The second-order valence-electron chi connectivity index (χ2n) is 12.3. The summed E-state index contributed by atoms with van der Waals surface area (Å²) >= 11 is 1.53. The van der Waals surface area contributed by atoms with Crippen LogP contribution in [0.4, 0.5) is 5.00 Å². The lowest BCUT2D eigenvalue weighted by atomic mass is 9.63. The average molecular weight is 612 g/mol. The smallest absolute Gasteiger partial charge is 0.189 e. The quantitative estimate of drug-likeness (QED) is 0.297. The maximum Gasteiger partial charge on any atom is 0.189 e. The summed E-state index contributed by atoms with van der Waals surface area (Å²) in [7, 11) is 2.16. The average Bonchev–Trinajstić information content (AvgIpc) is 3.86. The van der Waals surface area contributed by atoms with Crippen LogP contribution in [0.1, 0.15) is 84.5 Å². The van der Waals surface area contributed by atoms with E-state index >= 15 is 0 Å². The number of thiophene rings is 1. The van der Waals surface area contributed by atoms with E-state index in [1.807, 2.05) is 4.68 Å². The molecule has 1 aliphatic heterocycles. The van der Waals surface area contributed by atoms with Crippen LogP contribution in [0.3, 0.4) is 0 Å². The molecule has 1 fully saturated rings. The molecular formula is C30H33N11O2S. The summed E-state index contributed by atoms with van der Waals surface area (Å²) in [6, 6.07) is 2.79. The Labute approximate surface area is 257 Å². The topological polar surface area (TPSA) is 174 Å². The van der Waals surface area contributed by atoms with Gasteiger partial charge in [0.05, 0.1) is 41.4 Å². The fourth-order valence-corrected chi connectivity index (χ4v) is 9.02. The molecule has 0 amide bonds. The number of anilines is 1. The van der Waals surface area contributed by atoms with Crippen molar-refractivity contribution in [1.29, 1.82) is 5.26 Å². The second kappa shape index (κ2) is 10.2. The first-order valence-electron chi connectivity index (χ1n) is 15.2. The van der Waals surface area contributed by atoms with E-state index in [4.69, 9.17) is 25.3 Å². The number of nitrogens with zero attached hydrogens (tertiary/aromatic N) is 10. The molecule has 5 aromatic heterocycles. The van der Waals surface area contributed by atoms with E-state index in [9.17, 15) is 10.4 Å². The van der Waals surface area contributed by atoms with Crippen LogP contribution in [0.25, 0.3) is 28.4 Å². The molecule has 8 rings (SSSR count). The molecule has 0 radical (unpaired) electrons. The molecule has 2 aliphatic carbocycles. The Kier molecular flexibility index (Phi) is 6.33. The highest BCUT2D eigenvalue weighted by molar-refractivity contribution is 7.16. The highest BCUT2D eigenvalue weighted by atomic mass is 32.1. The summed E-state index contributed by atoms with van der Waals surface area (Å²) in [5.74, 6) is 1.67. The number of aliphatic hydroxyl groups is 1. The number of nitrogens with two attached hydrogens (primary N) is 1.